The highest BCUT2D eigenvalue weighted by Gasteiger charge is 2.33. The molecular formula is C23H33NO3. The Morgan fingerprint density at radius 2 is 1.74 bits per heavy atom. The zero-order valence-corrected chi connectivity index (χ0v) is 17.1. The van der Waals surface area contributed by atoms with Gasteiger partial charge in [-0.1, -0.05) is 57.4 Å². The van der Waals surface area contributed by atoms with Crippen molar-refractivity contribution >= 4 is 22.4 Å². The van der Waals surface area contributed by atoms with E-state index in [4.69, 9.17) is 9.47 Å². The molecule has 4 heteroatoms. The predicted molar refractivity (Wildman–Crippen MR) is 113 cm³/mol. The van der Waals surface area contributed by atoms with Crippen LogP contribution in [-0.2, 0) is 9.53 Å². The lowest BCUT2D eigenvalue weighted by Gasteiger charge is -2.28. The lowest BCUT2D eigenvalue weighted by atomic mass is 9.96. The van der Waals surface area contributed by atoms with Crippen molar-refractivity contribution in [3.63, 3.8) is 0 Å². The molecule has 2 rings (SSSR count). The number of ether oxygens (including phenoxy) is 2. The van der Waals surface area contributed by atoms with E-state index in [9.17, 15) is 4.79 Å². The first-order chi connectivity index (χ1) is 13.1. The summed E-state index contributed by atoms with van der Waals surface area (Å²) in [5.41, 5.74) is -0.0246. The fourth-order valence-corrected chi connectivity index (χ4v) is 3.25. The number of anilines is 1. The highest BCUT2D eigenvalue weighted by molar-refractivity contribution is 6.06. The highest BCUT2D eigenvalue weighted by atomic mass is 16.5. The Morgan fingerprint density at radius 1 is 1.00 bits per heavy atom. The van der Waals surface area contributed by atoms with E-state index in [1.54, 1.807) is 0 Å². The third kappa shape index (κ3) is 5.46. The van der Waals surface area contributed by atoms with Crippen LogP contribution in [0.1, 0.15) is 59.8 Å². The molecule has 1 amide bonds. The lowest BCUT2D eigenvalue weighted by Crippen LogP contribution is -2.42. The molecule has 2 aromatic rings. The van der Waals surface area contributed by atoms with Crippen molar-refractivity contribution in [1.82, 2.24) is 0 Å². The number of nitrogens with one attached hydrogen (secondary N) is 1. The van der Waals surface area contributed by atoms with E-state index in [0.717, 1.165) is 54.3 Å². The maximum Gasteiger partial charge on any atom is 0.256 e. The van der Waals surface area contributed by atoms with Gasteiger partial charge >= 0.3 is 0 Å². The molecule has 148 valence electrons. The van der Waals surface area contributed by atoms with Crippen molar-refractivity contribution in [2.75, 3.05) is 18.5 Å². The van der Waals surface area contributed by atoms with Crippen molar-refractivity contribution in [2.24, 2.45) is 0 Å². The number of rotatable bonds is 11. The van der Waals surface area contributed by atoms with Gasteiger partial charge in [-0.25, -0.2) is 0 Å². The molecule has 0 bridgehead atoms. The van der Waals surface area contributed by atoms with E-state index in [2.05, 4.69) is 19.2 Å². The first kappa shape index (κ1) is 21.2. The first-order valence-corrected chi connectivity index (χ1v) is 10.2. The van der Waals surface area contributed by atoms with Crippen LogP contribution in [0.15, 0.2) is 36.4 Å². The van der Waals surface area contributed by atoms with Crippen molar-refractivity contribution in [2.45, 2.75) is 65.4 Å². The van der Waals surface area contributed by atoms with Crippen LogP contribution in [0, 0.1) is 0 Å². The van der Waals surface area contributed by atoms with Crippen LogP contribution in [0.2, 0.25) is 0 Å². The van der Waals surface area contributed by atoms with Crippen LogP contribution in [0.25, 0.3) is 10.8 Å². The van der Waals surface area contributed by atoms with Gasteiger partial charge in [-0.05, 0) is 38.8 Å². The number of hydrogen-bond acceptors (Lipinski definition) is 3. The molecule has 0 unspecified atom stereocenters. The molecule has 0 fully saturated rings. The van der Waals surface area contributed by atoms with E-state index >= 15 is 0 Å². The molecule has 1 N–H and O–H groups in total. The van der Waals surface area contributed by atoms with E-state index in [-0.39, 0.29) is 5.91 Å². The summed E-state index contributed by atoms with van der Waals surface area (Å²) in [6.45, 7) is 9.26. The third-order valence-corrected chi connectivity index (χ3v) is 4.79. The molecule has 0 saturated heterocycles. The monoisotopic (exact) mass is 371 g/mol. The SMILES string of the molecule is CCCCC[C@](C)(OCC)C(=O)Nc1ccc(OCCC)c2ccccc12. The number of unbranched alkanes of at least 4 members (excludes halogenated alkanes) is 2. The standard InChI is InChI=1S/C23H33NO3/c1-5-8-11-16-23(4,27-7-3)22(25)24-20-14-15-21(26-17-6-2)19-13-10-9-12-18(19)20/h9-10,12-15H,5-8,11,16-17H2,1-4H3,(H,24,25)/t23-/m0/s1. The van der Waals surface area contributed by atoms with Gasteiger partial charge < -0.3 is 14.8 Å². The van der Waals surface area contributed by atoms with E-state index < -0.39 is 5.60 Å². The van der Waals surface area contributed by atoms with Gasteiger partial charge in [-0.15, -0.1) is 0 Å². The van der Waals surface area contributed by atoms with Crippen molar-refractivity contribution in [3.05, 3.63) is 36.4 Å². The van der Waals surface area contributed by atoms with E-state index in [0.29, 0.717) is 13.2 Å². The van der Waals surface area contributed by atoms with Crippen LogP contribution in [0.4, 0.5) is 5.69 Å². The maximum atomic E-state index is 13.1. The Kier molecular flexibility index (Phi) is 8.11. The van der Waals surface area contributed by atoms with Crippen LogP contribution in [0.5, 0.6) is 5.75 Å². The molecule has 0 heterocycles. The zero-order valence-electron chi connectivity index (χ0n) is 17.1. The molecule has 0 saturated carbocycles. The summed E-state index contributed by atoms with van der Waals surface area (Å²) in [6.07, 6.45) is 4.87. The molecule has 0 spiro atoms. The fraction of sp³-hybridized carbons (Fsp3) is 0.522. The molecule has 0 aliphatic carbocycles. The van der Waals surface area contributed by atoms with Gasteiger partial charge in [0.2, 0.25) is 0 Å². The molecule has 0 aliphatic rings. The van der Waals surface area contributed by atoms with Gasteiger partial charge in [0, 0.05) is 23.1 Å². The molecule has 2 aromatic carbocycles. The second-order valence-electron chi connectivity index (χ2n) is 7.08. The molecule has 27 heavy (non-hydrogen) atoms. The van der Waals surface area contributed by atoms with E-state index in [1.165, 1.54) is 0 Å². The molecular weight excluding hydrogens is 338 g/mol. The summed E-state index contributed by atoms with van der Waals surface area (Å²) in [6, 6.07) is 11.9. The van der Waals surface area contributed by atoms with Crippen LogP contribution >= 0.6 is 0 Å². The minimum Gasteiger partial charge on any atom is -0.493 e. The van der Waals surface area contributed by atoms with Crippen LogP contribution in [-0.4, -0.2) is 24.7 Å². The third-order valence-electron chi connectivity index (χ3n) is 4.79. The molecule has 1 atom stereocenters. The summed E-state index contributed by atoms with van der Waals surface area (Å²) in [5.74, 6) is 0.758. The average molecular weight is 372 g/mol. The summed E-state index contributed by atoms with van der Waals surface area (Å²) >= 11 is 0. The quantitative estimate of drug-likeness (QED) is 0.497. The summed E-state index contributed by atoms with van der Waals surface area (Å²) < 4.78 is 11.7. The Hall–Kier alpha value is -2.07. The molecule has 4 nitrogen and oxygen atoms in total. The number of carbonyl (C=O) groups excluding carboxylic acids is 1. The van der Waals surface area contributed by atoms with Gasteiger partial charge in [0.15, 0.2) is 0 Å². The van der Waals surface area contributed by atoms with Gasteiger partial charge in [-0.2, -0.15) is 0 Å². The second kappa shape index (κ2) is 10.3. The first-order valence-electron chi connectivity index (χ1n) is 10.2. The Morgan fingerprint density at radius 3 is 2.41 bits per heavy atom. The van der Waals surface area contributed by atoms with Gasteiger partial charge in [-0.3, -0.25) is 4.79 Å². The highest BCUT2D eigenvalue weighted by Crippen LogP contribution is 2.33. The minimum atomic E-state index is -0.817. The summed E-state index contributed by atoms with van der Waals surface area (Å²) in [5, 5.41) is 5.09. The fourth-order valence-electron chi connectivity index (χ4n) is 3.25. The molecule has 0 aliphatic heterocycles. The maximum absolute atomic E-state index is 13.1. The minimum absolute atomic E-state index is 0.0900. The topological polar surface area (TPSA) is 47.6 Å². The molecule has 0 aromatic heterocycles. The lowest BCUT2D eigenvalue weighted by molar-refractivity contribution is -0.139. The van der Waals surface area contributed by atoms with Crippen molar-refractivity contribution < 1.29 is 14.3 Å². The number of carbonyl (C=O) groups is 1. The summed E-state index contributed by atoms with van der Waals surface area (Å²) in [7, 11) is 0. The van der Waals surface area contributed by atoms with Crippen LogP contribution < -0.4 is 10.1 Å². The number of hydrogen-bond donors (Lipinski definition) is 1. The predicted octanol–water partition coefficient (Wildman–Crippen LogP) is 5.94. The van der Waals surface area contributed by atoms with Gasteiger partial charge in [0.25, 0.3) is 5.91 Å². The number of benzene rings is 2. The van der Waals surface area contributed by atoms with Crippen molar-refractivity contribution in [1.29, 1.82) is 0 Å². The largest absolute Gasteiger partial charge is 0.493 e. The van der Waals surface area contributed by atoms with Gasteiger partial charge in [0.1, 0.15) is 11.4 Å². The van der Waals surface area contributed by atoms with Crippen LogP contribution in [0.3, 0.4) is 0 Å². The molecule has 0 radical (unpaired) electrons. The Balaban J connectivity index is 2.27. The number of fused-ring (bicyclic) bond motifs is 1. The van der Waals surface area contributed by atoms with Gasteiger partial charge in [0.05, 0.1) is 6.61 Å². The Bertz CT molecular complexity index is 743. The summed E-state index contributed by atoms with van der Waals surface area (Å²) in [4.78, 5) is 13.1. The van der Waals surface area contributed by atoms with Crippen molar-refractivity contribution in [3.8, 4) is 5.75 Å². The average Bonchev–Trinajstić information content (AvgIpc) is 2.67. The smallest absolute Gasteiger partial charge is 0.256 e. The van der Waals surface area contributed by atoms with E-state index in [1.807, 2.05) is 50.2 Å². The zero-order chi connectivity index (χ0) is 19.7. The Labute approximate surface area is 163 Å². The normalized spacial score (nSPS) is 13.3. The number of amides is 1. The second-order valence-corrected chi connectivity index (χ2v) is 7.08.